The minimum Gasteiger partial charge on any atom is -0.459 e. The number of carbonyl (C=O) groups is 1. The molecule has 0 amide bonds. The summed E-state index contributed by atoms with van der Waals surface area (Å²) in [6, 6.07) is 0. The highest BCUT2D eigenvalue weighted by Gasteiger charge is 2.33. The van der Waals surface area contributed by atoms with Crippen LogP contribution in [0.25, 0.3) is 0 Å². The first-order valence-corrected chi connectivity index (χ1v) is 8.27. The van der Waals surface area contributed by atoms with Crippen molar-refractivity contribution in [1.29, 1.82) is 0 Å². The van der Waals surface area contributed by atoms with Crippen LogP contribution in [0.2, 0.25) is 0 Å². The van der Waals surface area contributed by atoms with E-state index in [1.807, 2.05) is 11.6 Å². The predicted octanol–water partition coefficient (Wildman–Crippen LogP) is 2.62. The van der Waals surface area contributed by atoms with Gasteiger partial charge >= 0.3 is 11.1 Å². The minimum absolute atomic E-state index is 0.0618. The topological polar surface area (TPSA) is 56.2 Å². The number of aromatic nitrogens is 1. The van der Waals surface area contributed by atoms with Crippen LogP contribution in [-0.4, -0.2) is 12.1 Å². The number of esters is 1. The first-order valence-electron chi connectivity index (χ1n) is 7.39. The van der Waals surface area contributed by atoms with Crippen molar-refractivity contribution in [3.63, 3.8) is 0 Å². The van der Waals surface area contributed by atoms with Gasteiger partial charge in [-0.3, -0.25) is 5.73 Å². The zero-order valence-corrected chi connectivity index (χ0v) is 13.4. The van der Waals surface area contributed by atoms with E-state index in [9.17, 15) is 4.79 Å². The van der Waals surface area contributed by atoms with Crippen molar-refractivity contribution in [2.24, 2.45) is 17.8 Å². The predicted molar refractivity (Wildman–Crippen MR) is 80.1 cm³/mol. The molecule has 3 atom stereocenters. The van der Waals surface area contributed by atoms with E-state index in [-0.39, 0.29) is 18.6 Å². The van der Waals surface area contributed by atoms with Gasteiger partial charge in [0.05, 0.1) is 0 Å². The lowest BCUT2D eigenvalue weighted by atomic mass is 9.75. The summed E-state index contributed by atoms with van der Waals surface area (Å²) in [5.74, 6) is 1.51. The Labute approximate surface area is 124 Å². The van der Waals surface area contributed by atoms with Crippen LogP contribution in [0, 0.1) is 17.8 Å². The monoisotopic (exact) mass is 297 g/mol. The highest BCUT2D eigenvalue weighted by Crippen LogP contribution is 2.35. The average molecular weight is 297 g/mol. The van der Waals surface area contributed by atoms with Gasteiger partial charge in [0.25, 0.3) is 0 Å². The van der Waals surface area contributed by atoms with Crippen LogP contribution >= 0.6 is 11.3 Å². The molecule has 0 aliphatic heterocycles. The van der Waals surface area contributed by atoms with Gasteiger partial charge in [-0.15, -0.1) is 0 Å². The molecule has 0 aromatic carbocycles. The number of nitrogen functional groups attached to an aromatic ring is 1. The van der Waals surface area contributed by atoms with Crippen LogP contribution in [0.3, 0.4) is 0 Å². The van der Waals surface area contributed by atoms with Gasteiger partial charge in [-0.1, -0.05) is 38.5 Å². The Kier molecular flexibility index (Phi) is 5.02. The van der Waals surface area contributed by atoms with Crippen LogP contribution in [0.5, 0.6) is 0 Å². The molecular formula is C15H25N2O2S+. The maximum absolute atomic E-state index is 12.1. The summed E-state index contributed by atoms with van der Waals surface area (Å²) in [6.07, 6.45) is 5.27. The van der Waals surface area contributed by atoms with Gasteiger partial charge in [-0.2, -0.15) is 0 Å². The number of ether oxygens (including phenoxy) is 1. The number of hydrogen-bond acceptors (Lipinski definition) is 4. The van der Waals surface area contributed by atoms with Gasteiger partial charge in [0.2, 0.25) is 0 Å². The van der Waals surface area contributed by atoms with E-state index in [0.29, 0.717) is 22.9 Å². The van der Waals surface area contributed by atoms with Crippen LogP contribution in [0.1, 0.15) is 40.0 Å². The van der Waals surface area contributed by atoms with Crippen molar-refractivity contribution >= 4 is 22.4 Å². The standard InChI is InChI=1S/C15H24N2O2S/c1-10(2)12-5-4-11(3)8-13(12)19-14(18)9-17-6-7-20-15(17)16/h6-7,10-13,16H,4-5,8-9H2,1-3H3/p+1/t11-,12+,13+/m0/s1. The summed E-state index contributed by atoms with van der Waals surface area (Å²) in [5, 5.41) is 2.52. The molecule has 112 valence electrons. The highest BCUT2D eigenvalue weighted by molar-refractivity contribution is 7.12. The number of rotatable bonds is 4. The Balaban J connectivity index is 1.95. The molecule has 5 heteroatoms. The summed E-state index contributed by atoms with van der Waals surface area (Å²) in [6.45, 7) is 6.88. The second kappa shape index (κ2) is 6.57. The molecule has 4 nitrogen and oxygen atoms in total. The molecule has 20 heavy (non-hydrogen) atoms. The summed E-state index contributed by atoms with van der Waals surface area (Å²) in [7, 11) is 0. The average Bonchev–Trinajstić information content (AvgIpc) is 2.74. The Morgan fingerprint density at radius 3 is 2.90 bits per heavy atom. The quantitative estimate of drug-likeness (QED) is 0.686. The summed E-state index contributed by atoms with van der Waals surface area (Å²) < 4.78 is 7.49. The molecule has 1 aliphatic rings. The van der Waals surface area contributed by atoms with Gasteiger partial charge in [-0.05, 0) is 30.6 Å². The number of anilines is 1. The van der Waals surface area contributed by atoms with Crippen molar-refractivity contribution in [3.05, 3.63) is 11.6 Å². The molecule has 1 aliphatic carbocycles. The zero-order chi connectivity index (χ0) is 14.7. The third kappa shape index (κ3) is 3.72. The van der Waals surface area contributed by atoms with E-state index >= 15 is 0 Å². The SMILES string of the molecule is CC(C)[C@H]1CC[C@H](C)C[C@H]1OC(=O)C[n+]1ccsc1N. The molecule has 0 unspecified atom stereocenters. The molecule has 1 aromatic heterocycles. The Morgan fingerprint density at radius 2 is 2.30 bits per heavy atom. The maximum atomic E-state index is 12.1. The number of nitrogens with zero attached hydrogens (tertiary/aromatic N) is 1. The van der Waals surface area contributed by atoms with Gasteiger partial charge in [-0.25, -0.2) is 9.36 Å². The molecule has 2 rings (SSSR count). The van der Waals surface area contributed by atoms with Crippen LogP contribution < -0.4 is 10.3 Å². The Bertz CT molecular complexity index is 458. The number of thiazole rings is 1. The van der Waals surface area contributed by atoms with Crippen molar-refractivity contribution in [2.45, 2.75) is 52.7 Å². The highest BCUT2D eigenvalue weighted by atomic mass is 32.1. The van der Waals surface area contributed by atoms with Crippen molar-refractivity contribution in [2.75, 3.05) is 5.73 Å². The largest absolute Gasteiger partial charge is 0.459 e. The normalized spacial score (nSPS) is 26.7. The molecule has 0 radical (unpaired) electrons. The molecule has 0 saturated heterocycles. The Morgan fingerprint density at radius 1 is 1.55 bits per heavy atom. The molecule has 2 N–H and O–H groups in total. The molecule has 1 fully saturated rings. The smallest absolute Gasteiger partial charge is 0.348 e. The van der Waals surface area contributed by atoms with E-state index < -0.39 is 0 Å². The molecule has 1 heterocycles. The van der Waals surface area contributed by atoms with Gasteiger partial charge < -0.3 is 4.74 Å². The van der Waals surface area contributed by atoms with Gasteiger partial charge in [0.1, 0.15) is 12.3 Å². The lowest BCUT2D eigenvalue weighted by molar-refractivity contribution is -0.667. The lowest BCUT2D eigenvalue weighted by Crippen LogP contribution is -2.42. The first-order chi connectivity index (χ1) is 9.47. The number of hydrogen-bond donors (Lipinski definition) is 1. The minimum atomic E-state index is -0.176. The second-order valence-corrected chi connectivity index (χ2v) is 7.15. The van der Waals surface area contributed by atoms with E-state index in [0.717, 1.165) is 12.8 Å². The third-order valence-corrected chi connectivity index (χ3v) is 4.99. The van der Waals surface area contributed by atoms with Crippen molar-refractivity contribution in [3.8, 4) is 0 Å². The van der Waals surface area contributed by atoms with Crippen molar-refractivity contribution < 1.29 is 14.1 Å². The van der Waals surface area contributed by atoms with Crippen LogP contribution in [-0.2, 0) is 16.1 Å². The molecular weight excluding hydrogens is 272 g/mol. The second-order valence-electron chi connectivity index (χ2n) is 6.22. The third-order valence-electron chi connectivity index (χ3n) is 4.26. The van der Waals surface area contributed by atoms with Crippen LogP contribution in [0.4, 0.5) is 5.13 Å². The summed E-state index contributed by atoms with van der Waals surface area (Å²) in [4.78, 5) is 12.1. The van der Waals surface area contributed by atoms with E-state index in [2.05, 4.69) is 20.8 Å². The molecule has 1 saturated carbocycles. The summed E-state index contributed by atoms with van der Waals surface area (Å²) in [5.41, 5.74) is 5.79. The fourth-order valence-electron chi connectivity index (χ4n) is 3.04. The Hall–Kier alpha value is -1.10. The van der Waals surface area contributed by atoms with E-state index in [1.165, 1.54) is 17.8 Å². The zero-order valence-electron chi connectivity index (χ0n) is 12.5. The molecule has 0 spiro atoms. The number of nitrogens with two attached hydrogens (primary N) is 1. The molecule has 0 bridgehead atoms. The molecule has 1 aromatic rings. The first kappa shape index (κ1) is 15.3. The lowest BCUT2D eigenvalue weighted by Gasteiger charge is -2.36. The van der Waals surface area contributed by atoms with E-state index in [4.69, 9.17) is 10.5 Å². The fourth-order valence-corrected chi connectivity index (χ4v) is 3.65. The number of carbonyl (C=O) groups excluding carboxylic acids is 1. The van der Waals surface area contributed by atoms with Gasteiger partial charge in [0, 0.05) is 5.38 Å². The van der Waals surface area contributed by atoms with Crippen molar-refractivity contribution in [1.82, 2.24) is 0 Å². The van der Waals surface area contributed by atoms with E-state index in [1.54, 1.807) is 4.57 Å². The van der Waals surface area contributed by atoms with Crippen LogP contribution in [0.15, 0.2) is 11.6 Å². The summed E-state index contributed by atoms with van der Waals surface area (Å²) >= 11 is 1.43. The fraction of sp³-hybridized carbons (Fsp3) is 0.733. The van der Waals surface area contributed by atoms with Gasteiger partial charge in [0.15, 0.2) is 6.54 Å². The maximum Gasteiger partial charge on any atom is 0.348 e.